The van der Waals surface area contributed by atoms with Crippen LogP contribution in [0.4, 0.5) is 0 Å². The summed E-state index contributed by atoms with van der Waals surface area (Å²) in [5.41, 5.74) is 3.10. The number of ether oxygens (including phenoxy) is 1. The minimum Gasteiger partial charge on any atom is -0.488 e. The average Bonchev–Trinajstić information content (AvgIpc) is 3.00. The molecule has 3 aromatic rings. The number of aryl methyl sites for hydroxylation is 2. The molecule has 0 fully saturated rings. The topological polar surface area (TPSA) is 59.4 Å². The molecule has 1 N–H and O–H groups in total. The van der Waals surface area contributed by atoms with Crippen molar-refractivity contribution in [1.29, 1.82) is 0 Å². The van der Waals surface area contributed by atoms with Gasteiger partial charge in [0.05, 0.1) is 10.6 Å². The van der Waals surface area contributed by atoms with Crippen molar-refractivity contribution < 1.29 is 14.6 Å². The highest BCUT2D eigenvalue weighted by Crippen LogP contribution is 2.28. The first kappa shape index (κ1) is 17.2. The largest absolute Gasteiger partial charge is 0.488 e. The maximum atomic E-state index is 10.6. The van der Waals surface area contributed by atoms with Gasteiger partial charge in [-0.05, 0) is 31.0 Å². The second-order valence-corrected chi connectivity index (χ2v) is 6.80. The summed E-state index contributed by atoms with van der Waals surface area (Å²) in [7, 11) is 0. The third-order valence-corrected chi connectivity index (χ3v) is 5.01. The number of hydrogen-bond acceptors (Lipinski definition) is 4. The van der Waals surface area contributed by atoms with Crippen molar-refractivity contribution in [3.8, 4) is 16.3 Å². The Balaban J connectivity index is 1.62. The van der Waals surface area contributed by atoms with Gasteiger partial charge >= 0.3 is 5.97 Å². The van der Waals surface area contributed by atoms with Gasteiger partial charge in [-0.25, -0.2) is 4.98 Å². The summed E-state index contributed by atoms with van der Waals surface area (Å²) in [6.07, 6.45) is 0.673. The number of benzene rings is 2. The van der Waals surface area contributed by atoms with Crippen molar-refractivity contribution in [3.05, 3.63) is 70.7 Å². The number of carbonyl (C=O) groups is 1. The molecular formula is C20H19NO3S. The van der Waals surface area contributed by atoms with Gasteiger partial charge in [-0.2, -0.15) is 0 Å². The Morgan fingerprint density at radius 2 is 1.84 bits per heavy atom. The summed E-state index contributed by atoms with van der Waals surface area (Å²) in [6.45, 7) is 2.47. The Kier molecular flexibility index (Phi) is 5.46. The van der Waals surface area contributed by atoms with Crippen molar-refractivity contribution in [2.24, 2.45) is 0 Å². The highest BCUT2D eigenvalue weighted by molar-refractivity contribution is 7.15. The van der Waals surface area contributed by atoms with Crippen LogP contribution in [0.3, 0.4) is 0 Å². The van der Waals surface area contributed by atoms with Gasteiger partial charge in [0.2, 0.25) is 0 Å². The fraction of sp³-hybridized carbons (Fsp3) is 0.200. The number of thiazole rings is 1. The van der Waals surface area contributed by atoms with E-state index in [0.717, 1.165) is 32.5 Å². The van der Waals surface area contributed by atoms with Crippen LogP contribution in [0.5, 0.6) is 5.75 Å². The van der Waals surface area contributed by atoms with Gasteiger partial charge in [0.1, 0.15) is 17.4 Å². The lowest BCUT2D eigenvalue weighted by Crippen LogP contribution is -1.98. The fourth-order valence-corrected chi connectivity index (χ4v) is 3.40. The summed E-state index contributed by atoms with van der Waals surface area (Å²) in [5, 5.41) is 9.72. The van der Waals surface area contributed by atoms with Crippen LogP contribution in [-0.4, -0.2) is 16.1 Å². The lowest BCUT2D eigenvalue weighted by atomic mass is 10.1. The molecule has 0 amide bonds. The Bertz CT molecular complexity index is 841. The monoisotopic (exact) mass is 353 g/mol. The minimum atomic E-state index is -0.782. The molecule has 5 heteroatoms. The average molecular weight is 353 g/mol. The van der Waals surface area contributed by atoms with Crippen LogP contribution in [-0.2, 0) is 17.8 Å². The first-order chi connectivity index (χ1) is 12.1. The molecule has 0 unspecified atom stereocenters. The van der Waals surface area contributed by atoms with Crippen molar-refractivity contribution in [3.63, 3.8) is 0 Å². The lowest BCUT2D eigenvalue weighted by Gasteiger charge is -2.06. The zero-order chi connectivity index (χ0) is 17.6. The first-order valence-electron chi connectivity index (χ1n) is 8.07. The molecule has 128 valence electrons. The molecule has 2 aromatic carbocycles. The van der Waals surface area contributed by atoms with Gasteiger partial charge in [-0.3, -0.25) is 4.79 Å². The number of carboxylic acid groups (broad SMARTS) is 1. The maximum absolute atomic E-state index is 10.6. The van der Waals surface area contributed by atoms with Crippen LogP contribution in [0.25, 0.3) is 10.6 Å². The molecule has 25 heavy (non-hydrogen) atoms. The van der Waals surface area contributed by atoms with Gasteiger partial charge < -0.3 is 9.84 Å². The van der Waals surface area contributed by atoms with E-state index in [0.29, 0.717) is 13.0 Å². The third-order valence-electron chi connectivity index (χ3n) is 3.83. The zero-order valence-electron chi connectivity index (χ0n) is 13.9. The van der Waals surface area contributed by atoms with Crippen LogP contribution >= 0.6 is 11.3 Å². The summed E-state index contributed by atoms with van der Waals surface area (Å²) >= 11 is 1.64. The van der Waals surface area contributed by atoms with Crippen molar-refractivity contribution in [2.75, 3.05) is 0 Å². The zero-order valence-corrected chi connectivity index (χ0v) is 14.8. The fourth-order valence-electron chi connectivity index (χ4n) is 2.42. The predicted octanol–water partition coefficient (Wildman–Crippen LogP) is 4.71. The van der Waals surface area contributed by atoms with Gasteiger partial charge in [0, 0.05) is 12.0 Å². The summed E-state index contributed by atoms with van der Waals surface area (Å²) in [6, 6.07) is 17.7. The quantitative estimate of drug-likeness (QED) is 0.668. The molecule has 0 saturated heterocycles. The third kappa shape index (κ3) is 4.67. The van der Waals surface area contributed by atoms with E-state index in [1.165, 1.54) is 0 Å². The number of carboxylic acids is 1. The lowest BCUT2D eigenvalue weighted by molar-refractivity contribution is -0.136. The molecule has 1 aromatic heterocycles. The second-order valence-electron chi connectivity index (χ2n) is 5.72. The highest BCUT2D eigenvalue weighted by atomic mass is 32.1. The molecule has 0 aliphatic heterocycles. The Hall–Kier alpha value is -2.66. The van der Waals surface area contributed by atoms with E-state index in [1.807, 2.05) is 49.4 Å². The summed E-state index contributed by atoms with van der Waals surface area (Å²) in [4.78, 5) is 16.3. The van der Waals surface area contributed by atoms with Gasteiger partial charge in [-0.1, -0.05) is 42.5 Å². The summed E-state index contributed by atoms with van der Waals surface area (Å²) < 4.78 is 5.86. The Morgan fingerprint density at radius 3 is 2.52 bits per heavy atom. The molecule has 0 atom stereocenters. The molecule has 0 aliphatic carbocycles. The van der Waals surface area contributed by atoms with Crippen LogP contribution in [0.15, 0.2) is 54.6 Å². The molecule has 0 bridgehead atoms. The van der Waals surface area contributed by atoms with E-state index >= 15 is 0 Å². The normalized spacial score (nSPS) is 10.6. The van der Waals surface area contributed by atoms with E-state index in [1.54, 1.807) is 11.3 Å². The SMILES string of the molecule is Cc1nc(-c2ccccc2)sc1COc1ccc(CCC(=O)O)cc1. The number of nitrogens with zero attached hydrogens (tertiary/aromatic N) is 1. The highest BCUT2D eigenvalue weighted by Gasteiger charge is 2.10. The molecule has 3 rings (SSSR count). The molecule has 0 radical (unpaired) electrons. The van der Waals surface area contributed by atoms with Crippen LogP contribution in [0, 0.1) is 6.92 Å². The van der Waals surface area contributed by atoms with Crippen LogP contribution in [0.2, 0.25) is 0 Å². The Labute approximate surface area is 150 Å². The number of rotatable bonds is 7. The molecule has 0 spiro atoms. The molecule has 0 saturated carbocycles. The molecule has 1 heterocycles. The van der Waals surface area contributed by atoms with Crippen LogP contribution < -0.4 is 4.74 Å². The predicted molar refractivity (Wildman–Crippen MR) is 99.0 cm³/mol. The van der Waals surface area contributed by atoms with E-state index in [2.05, 4.69) is 17.1 Å². The van der Waals surface area contributed by atoms with E-state index in [9.17, 15) is 4.79 Å². The minimum absolute atomic E-state index is 0.141. The molecular weight excluding hydrogens is 334 g/mol. The summed E-state index contributed by atoms with van der Waals surface area (Å²) in [5.74, 6) is -0.0108. The second kappa shape index (κ2) is 7.94. The maximum Gasteiger partial charge on any atom is 0.303 e. The van der Waals surface area contributed by atoms with Crippen LogP contribution in [0.1, 0.15) is 22.6 Å². The molecule has 0 aliphatic rings. The van der Waals surface area contributed by atoms with E-state index < -0.39 is 5.97 Å². The van der Waals surface area contributed by atoms with Crippen molar-refractivity contribution in [2.45, 2.75) is 26.4 Å². The van der Waals surface area contributed by atoms with E-state index in [-0.39, 0.29) is 6.42 Å². The van der Waals surface area contributed by atoms with Crippen molar-refractivity contribution in [1.82, 2.24) is 4.98 Å². The number of aromatic nitrogens is 1. The number of aliphatic carboxylic acids is 1. The number of hydrogen-bond donors (Lipinski definition) is 1. The first-order valence-corrected chi connectivity index (χ1v) is 8.89. The smallest absolute Gasteiger partial charge is 0.303 e. The standard InChI is InChI=1S/C20H19NO3S/c1-14-18(25-20(21-14)16-5-3-2-4-6-16)13-24-17-10-7-15(8-11-17)9-12-19(22)23/h2-8,10-11H,9,12-13H2,1H3,(H,22,23). The molecule has 4 nitrogen and oxygen atoms in total. The van der Waals surface area contributed by atoms with Gasteiger partial charge in [0.25, 0.3) is 0 Å². The Morgan fingerprint density at radius 1 is 1.12 bits per heavy atom. The van der Waals surface area contributed by atoms with Gasteiger partial charge in [-0.15, -0.1) is 11.3 Å². The van der Waals surface area contributed by atoms with Gasteiger partial charge in [0.15, 0.2) is 0 Å². The van der Waals surface area contributed by atoms with E-state index in [4.69, 9.17) is 9.84 Å². The van der Waals surface area contributed by atoms with Crippen molar-refractivity contribution >= 4 is 17.3 Å².